The molecule has 1 aliphatic carbocycles. The van der Waals surface area contributed by atoms with Crippen molar-refractivity contribution in [3.8, 4) is 11.5 Å². The molecule has 0 aromatic heterocycles. The number of nitrogens with one attached hydrogen (secondary N) is 1. The standard InChI is InChI=1S/C16H25NO2/c1-4-14(17-11-12-6-5-7-12)13-8-9-15(18-2)16(10-13)19-3/h8-10,12,14,17H,4-7,11H2,1-3H3. The first-order valence-corrected chi connectivity index (χ1v) is 7.23. The largest absolute Gasteiger partial charge is 0.493 e. The minimum absolute atomic E-state index is 0.403. The summed E-state index contributed by atoms with van der Waals surface area (Å²) in [5.41, 5.74) is 1.28. The van der Waals surface area contributed by atoms with E-state index < -0.39 is 0 Å². The Morgan fingerprint density at radius 2 is 1.95 bits per heavy atom. The van der Waals surface area contributed by atoms with E-state index in [4.69, 9.17) is 9.47 Å². The number of methoxy groups -OCH3 is 2. The van der Waals surface area contributed by atoms with E-state index >= 15 is 0 Å². The van der Waals surface area contributed by atoms with Crippen molar-refractivity contribution in [1.82, 2.24) is 5.32 Å². The molecule has 1 aromatic rings. The molecule has 0 heterocycles. The minimum atomic E-state index is 0.403. The maximum Gasteiger partial charge on any atom is 0.161 e. The molecule has 0 aliphatic heterocycles. The molecule has 0 spiro atoms. The monoisotopic (exact) mass is 263 g/mol. The molecule has 1 N–H and O–H groups in total. The number of hydrogen-bond acceptors (Lipinski definition) is 3. The summed E-state index contributed by atoms with van der Waals surface area (Å²) in [7, 11) is 3.36. The van der Waals surface area contributed by atoms with Gasteiger partial charge in [0, 0.05) is 6.04 Å². The van der Waals surface area contributed by atoms with Gasteiger partial charge in [-0.15, -0.1) is 0 Å². The molecule has 1 atom stereocenters. The van der Waals surface area contributed by atoms with Crippen LogP contribution in [0, 0.1) is 5.92 Å². The van der Waals surface area contributed by atoms with Gasteiger partial charge < -0.3 is 14.8 Å². The summed E-state index contributed by atoms with van der Waals surface area (Å²) in [6.45, 7) is 3.35. The summed E-state index contributed by atoms with van der Waals surface area (Å²) >= 11 is 0. The normalized spacial score (nSPS) is 16.8. The fourth-order valence-corrected chi connectivity index (χ4v) is 2.57. The Labute approximate surface area is 116 Å². The molecule has 0 bridgehead atoms. The van der Waals surface area contributed by atoms with Crippen LogP contribution in [0.15, 0.2) is 18.2 Å². The van der Waals surface area contributed by atoms with Gasteiger partial charge in [-0.3, -0.25) is 0 Å². The fraction of sp³-hybridized carbons (Fsp3) is 0.625. The maximum atomic E-state index is 5.38. The van der Waals surface area contributed by atoms with Crippen molar-refractivity contribution in [3.63, 3.8) is 0 Å². The summed E-state index contributed by atoms with van der Waals surface area (Å²) in [5.74, 6) is 2.48. The highest BCUT2D eigenvalue weighted by atomic mass is 16.5. The first-order chi connectivity index (χ1) is 9.28. The fourth-order valence-electron chi connectivity index (χ4n) is 2.57. The maximum absolute atomic E-state index is 5.38. The van der Waals surface area contributed by atoms with Crippen LogP contribution in [-0.4, -0.2) is 20.8 Å². The molecule has 106 valence electrons. The first kappa shape index (κ1) is 14.2. The molecule has 0 amide bonds. The SMILES string of the molecule is CCC(NCC1CCC1)c1ccc(OC)c(OC)c1. The van der Waals surface area contributed by atoms with Crippen molar-refractivity contribution in [2.24, 2.45) is 5.92 Å². The lowest BCUT2D eigenvalue weighted by molar-refractivity contribution is 0.287. The third-order valence-corrected chi connectivity index (χ3v) is 4.10. The number of ether oxygens (including phenoxy) is 2. The number of benzene rings is 1. The molecule has 1 aliphatic rings. The molecule has 2 rings (SSSR count). The molecule has 1 unspecified atom stereocenters. The quantitative estimate of drug-likeness (QED) is 0.816. The number of rotatable bonds is 7. The van der Waals surface area contributed by atoms with Gasteiger partial charge in [0.1, 0.15) is 0 Å². The second-order valence-electron chi connectivity index (χ2n) is 5.28. The van der Waals surface area contributed by atoms with Crippen molar-refractivity contribution >= 4 is 0 Å². The van der Waals surface area contributed by atoms with Crippen molar-refractivity contribution < 1.29 is 9.47 Å². The average molecular weight is 263 g/mol. The molecular weight excluding hydrogens is 238 g/mol. The van der Waals surface area contributed by atoms with Gasteiger partial charge in [0.15, 0.2) is 11.5 Å². The molecule has 3 nitrogen and oxygen atoms in total. The zero-order valence-electron chi connectivity index (χ0n) is 12.2. The predicted octanol–water partition coefficient (Wildman–Crippen LogP) is 3.54. The predicted molar refractivity (Wildman–Crippen MR) is 77.9 cm³/mol. The topological polar surface area (TPSA) is 30.5 Å². The zero-order valence-corrected chi connectivity index (χ0v) is 12.2. The second kappa shape index (κ2) is 6.80. The molecular formula is C16H25NO2. The van der Waals surface area contributed by atoms with Gasteiger partial charge in [0.25, 0.3) is 0 Å². The van der Waals surface area contributed by atoms with Crippen molar-refractivity contribution in [2.75, 3.05) is 20.8 Å². The van der Waals surface area contributed by atoms with Crippen LogP contribution in [0.2, 0.25) is 0 Å². The number of hydrogen-bond donors (Lipinski definition) is 1. The summed E-state index contributed by atoms with van der Waals surface area (Å²) in [6.07, 6.45) is 5.26. The highest BCUT2D eigenvalue weighted by molar-refractivity contribution is 5.43. The van der Waals surface area contributed by atoms with Crippen LogP contribution in [0.4, 0.5) is 0 Å². The lowest BCUT2D eigenvalue weighted by Crippen LogP contribution is -2.30. The van der Waals surface area contributed by atoms with Gasteiger partial charge in [-0.2, -0.15) is 0 Å². The van der Waals surface area contributed by atoms with Crippen LogP contribution in [-0.2, 0) is 0 Å². The summed E-state index contributed by atoms with van der Waals surface area (Å²) in [4.78, 5) is 0. The van der Waals surface area contributed by atoms with Gasteiger partial charge in [-0.1, -0.05) is 19.4 Å². The molecule has 0 radical (unpaired) electrons. The van der Waals surface area contributed by atoms with Gasteiger partial charge in [-0.05, 0) is 49.4 Å². The Balaban J connectivity index is 2.03. The second-order valence-corrected chi connectivity index (χ2v) is 5.28. The smallest absolute Gasteiger partial charge is 0.161 e. The summed E-state index contributed by atoms with van der Waals surface area (Å²) in [5, 5.41) is 3.68. The first-order valence-electron chi connectivity index (χ1n) is 7.23. The van der Waals surface area contributed by atoms with E-state index in [0.717, 1.165) is 30.4 Å². The van der Waals surface area contributed by atoms with Gasteiger partial charge in [0.2, 0.25) is 0 Å². The van der Waals surface area contributed by atoms with E-state index in [0.29, 0.717) is 6.04 Å². The molecule has 19 heavy (non-hydrogen) atoms. The summed E-state index contributed by atoms with van der Waals surface area (Å²) in [6, 6.07) is 6.60. The Morgan fingerprint density at radius 1 is 1.21 bits per heavy atom. The molecule has 1 fully saturated rings. The third kappa shape index (κ3) is 3.41. The van der Waals surface area contributed by atoms with E-state index in [1.54, 1.807) is 14.2 Å². The molecule has 1 aromatic carbocycles. The van der Waals surface area contributed by atoms with E-state index in [-0.39, 0.29) is 0 Å². The lowest BCUT2D eigenvalue weighted by atomic mass is 9.85. The average Bonchev–Trinajstić information content (AvgIpc) is 2.41. The molecule has 3 heteroatoms. The minimum Gasteiger partial charge on any atom is -0.493 e. The molecule has 1 saturated carbocycles. The van der Waals surface area contributed by atoms with Crippen molar-refractivity contribution in [2.45, 2.75) is 38.6 Å². The highest BCUT2D eigenvalue weighted by Gasteiger charge is 2.19. The molecule has 0 saturated heterocycles. The van der Waals surface area contributed by atoms with Gasteiger partial charge >= 0.3 is 0 Å². The Morgan fingerprint density at radius 3 is 2.47 bits per heavy atom. The Bertz CT molecular complexity index is 402. The Hall–Kier alpha value is -1.22. The van der Waals surface area contributed by atoms with Crippen molar-refractivity contribution in [3.05, 3.63) is 23.8 Å². The third-order valence-electron chi connectivity index (χ3n) is 4.10. The van der Waals surface area contributed by atoms with Gasteiger partial charge in [0.05, 0.1) is 14.2 Å². The van der Waals surface area contributed by atoms with E-state index in [1.165, 1.54) is 24.8 Å². The summed E-state index contributed by atoms with van der Waals surface area (Å²) < 4.78 is 10.7. The van der Waals surface area contributed by atoms with E-state index in [2.05, 4.69) is 24.4 Å². The van der Waals surface area contributed by atoms with Crippen LogP contribution in [0.25, 0.3) is 0 Å². The van der Waals surface area contributed by atoms with Crippen LogP contribution < -0.4 is 14.8 Å². The van der Waals surface area contributed by atoms with Crippen LogP contribution >= 0.6 is 0 Å². The van der Waals surface area contributed by atoms with E-state index in [1.807, 2.05) is 6.07 Å². The zero-order chi connectivity index (χ0) is 13.7. The highest BCUT2D eigenvalue weighted by Crippen LogP contribution is 2.31. The van der Waals surface area contributed by atoms with Crippen LogP contribution in [0.5, 0.6) is 11.5 Å². The van der Waals surface area contributed by atoms with Crippen LogP contribution in [0.3, 0.4) is 0 Å². The van der Waals surface area contributed by atoms with Crippen molar-refractivity contribution in [1.29, 1.82) is 0 Å². The Kier molecular flexibility index (Phi) is 5.08. The van der Waals surface area contributed by atoms with Gasteiger partial charge in [-0.25, -0.2) is 0 Å². The van der Waals surface area contributed by atoms with Crippen LogP contribution in [0.1, 0.15) is 44.2 Å². The lowest BCUT2D eigenvalue weighted by Gasteiger charge is -2.28. The van der Waals surface area contributed by atoms with E-state index in [9.17, 15) is 0 Å².